The number of anilines is 1. The van der Waals surface area contributed by atoms with Crippen LogP contribution < -0.4 is 10.6 Å². The van der Waals surface area contributed by atoms with Gasteiger partial charge in [0.1, 0.15) is 5.82 Å². The van der Waals surface area contributed by atoms with E-state index in [-0.39, 0.29) is 0 Å². The average Bonchev–Trinajstić information content (AvgIpc) is 3.13. The van der Waals surface area contributed by atoms with Gasteiger partial charge in [-0.1, -0.05) is 12.1 Å². The Labute approximate surface area is 111 Å². The maximum absolute atomic E-state index is 5.82. The highest BCUT2D eigenvalue weighted by atomic mass is 32.1. The van der Waals surface area contributed by atoms with Gasteiger partial charge in [-0.25, -0.2) is 4.98 Å². The van der Waals surface area contributed by atoms with Crippen molar-refractivity contribution in [3.63, 3.8) is 0 Å². The minimum absolute atomic E-state index is 0.552. The number of rotatable bonds is 5. The van der Waals surface area contributed by atoms with Gasteiger partial charge in [-0.15, -0.1) is 11.3 Å². The first-order chi connectivity index (χ1) is 8.88. The molecule has 2 aromatic rings. The van der Waals surface area contributed by atoms with Crippen molar-refractivity contribution in [3.05, 3.63) is 46.3 Å². The number of pyridine rings is 1. The fourth-order valence-electron chi connectivity index (χ4n) is 2.18. The topological polar surface area (TPSA) is 42.1 Å². The summed E-state index contributed by atoms with van der Waals surface area (Å²) in [5, 5.41) is 2.13. The summed E-state index contributed by atoms with van der Waals surface area (Å²) in [7, 11) is 0. The molecule has 0 bridgehead atoms. The minimum atomic E-state index is 0.552. The molecule has 94 valence electrons. The van der Waals surface area contributed by atoms with Crippen LogP contribution in [0.1, 0.15) is 23.3 Å². The van der Waals surface area contributed by atoms with Crippen molar-refractivity contribution in [3.8, 4) is 0 Å². The van der Waals surface area contributed by atoms with Crippen LogP contribution in [0.3, 0.4) is 0 Å². The summed E-state index contributed by atoms with van der Waals surface area (Å²) in [4.78, 5) is 8.34. The monoisotopic (exact) mass is 259 g/mol. The highest BCUT2D eigenvalue weighted by Crippen LogP contribution is 2.34. The molecular formula is C14H17N3S. The molecule has 2 aromatic heterocycles. The number of aromatic nitrogens is 1. The molecule has 0 spiro atoms. The second-order valence-electron chi connectivity index (χ2n) is 4.63. The van der Waals surface area contributed by atoms with Gasteiger partial charge in [-0.05, 0) is 30.4 Å². The van der Waals surface area contributed by atoms with Crippen molar-refractivity contribution in [2.24, 2.45) is 5.73 Å². The Hall–Kier alpha value is -1.39. The molecule has 2 N–H and O–H groups in total. The van der Waals surface area contributed by atoms with Gasteiger partial charge < -0.3 is 10.6 Å². The van der Waals surface area contributed by atoms with Crippen LogP contribution in [-0.2, 0) is 13.1 Å². The summed E-state index contributed by atoms with van der Waals surface area (Å²) < 4.78 is 0. The SMILES string of the molecule is NCc1cccnc1N(Cc1cccs1)C1CC1. The zero-order chi connectivity index (χ0) is 12.4. The average molecular weight is 259 g/mol. The molecule has 2 heterocycles. The highest BCUT2D eigenvalue weighted by Gasteiger charge is 2.31. The third kappa shape index (κ3) is 2.40. The molecule has 0 saturated heterocycles. The predicted molar refractivity (Wildman–Crippen MR) is 75.7 cm³/mol. The first kappa shape index (κ1) is 11.7. The van der Waals surface area contributed by atoms with Crippen LogP contribution >= 0.6 is 11.3 Å². The summed E-state index contributed by atoms with van der Waals surface area (Å²) >= 11 is 1.80. The number of hydrogen-bond donors (Lipinski definition) is 1. The lowest BCUT2D eigenvalue weighted by atomic mass is 10.2. The molecule has 4 heteroatoms. The maximum atomic E-state index is 5.82. The Balaban J connectivity index is 1.89. The smallest absolute Gasteiger partial charge is 0.133 e. The van der Waals surface area contributed by atoms with Crippen LogP contribution in [0.4, 0.5) is 5.82 Å². The van der Waals surface area contributed by atoms with E-state index in [4.69, 9.17) is 5.73 Å². The van der Waals surface area contributed by atoms with Gasteiger partial charge in [0.05, 0.1) is 6.54 Å². The Morgan fingerprint density at radius 3 is 2.89 bits per heavy atom. The van der Waals surface area contributed by atoms with Crippen molar-refractivity contribution in [2.45, 2.75) is 32.0 Å². The van der Waals surface area contributed by atoms with Crippen LogP contribution in [0.2, 0.25) is 0 Å². The highest BCUT2D eigenvalue weighted by molar-refractivity contribution is 7.09. The minimum Gasteiger partial charge on any atom is -0.348 e. The van der Waals surface area contributed by atoms with E-state index >= 15 is 0 Å². The van der Waals surface area contributed by atoms with Crippen LogP contribution in [0.25, 0.3) is 0 Å². The molecule has 0 aliphatic heterocycles. The summed E-state index contributed by atoms with van der Waals surface area (Å²) in [6.45, 7) is 1.50. The van der Waals surface area contributed by atoms with Crippen LogP contribution in [-0.4, -0.2) is 11.0 Å². The van der Waals surface area contributed by atoms with Gasteiger partial charge in [0.2, 0.25) is 0 Å². The Bertz CT molecular complexity index is 506. The Morgan fingerprint density at radius 1 is 1.33 bits per heavy atom. The Morgan fingerprint density at radius 2 is 2.22 bits per heavy atom. The zero-order valence-electron chi connectivity index (χ0n) is 10.2. The van der Waals surface area contributed by atoms with Gasteiger partial charge in [-0.3, -0.25) is 0 Å². The normalized spacial score (nSPS) is 14.7. The fourth-order valence-corrected chi connectivity index (χ4v) is 2.88. The lowest BCUT2D eigenvalue weighted by Crippen LogP contribution is -2.27. The van der Waals surface area contributed by atoms with Crippen LogP contribution in [0, 0.1) is 0 Å². The fraction of sp³-hybridized carbons (Fsp3) is 0.357. The first-order valence-corrected chi connectivity index (χ1v) is 7.19. The number of nitrogens with two attached hydrogens (primary N) is 1. The van der Waals surface area contributed by atoms with Crippen molar-refractivity contribution in [1.29, 1.82) is 0 Å². The van der Waals surface area contributed by atoms with E-state index in [1.54, 1.807) is 11.3 Å². The van der Waals surface area contributed by atoms with E-state index in [2.05, 4.69) is 33.5 Å². The quantitative estimate of drug-likeness (QED) is 0.897. The molecule has 3 nitrogen and oxygen atoms in total. The molecule has 1 aliphatic rings. The van der Waals surface area contributed by atoms with Crippen molar-refractivity contribution in [2.75, 3.05) is 4.90 Å². The Kier molecular flexibility index (Phi) is 3.30. The third-order valence-electron chi connectivity index (χ3n) is 3.25. The van der Waals surface area contributed by atoms with Crippen molar-refractivity contribution in [1.82, 2.24) is 4.98 Å². The van der Waals surface area contributed by atoms with Crippen LogP contribution in [0.15, 0.2) is 35.8 Å². The first-order valence-electron chi connectivity index (χ1n) is 6.31. The number of thiophene rings is 1. The summed E-state index contributed by atoms with van der Waals surface area (Å²) in [5.74, 6) is 1.07. The lowest BCUT2D eigenvalue weighted by Gasteiger charge is -2.25. The molecule has 1 saturated carbocycles. The number of nitrogens with zero attached hydrogens (tertiary/aromatic N) is 2. The van der Waals surface area contributed by atoms with Gasteiger partial charge >= 0.3 is 0 Å². The summed E-state index contributed by atoms with van der Waals surface area (Å²) in [5.41, 5.74) is 6.96. The van der Waals surface area contributed by atoms with Crippen LogP contribution in [0.5, 0.6) is 0 Å². The lowest BCUT2D eigenvalue weighted by molar-refractivity contribution is 0.776. The van der Waals surface area contributed by atoms with E-state index in [1.807, 2.05) is 12.3 Å². The molecule has 0 aromatic carbocycles. The molecule has 1 aliphatic carbocycles. The largest absolute Gasteiger partial charge is 0.348 e. The van der Waals surface area contributed by atoms with E-state index in [0.29, 0.717) is 12.6 Å². The number of hydrogen-bond acceptors (Lipinski definition) is 4. The van der Waals surface area contributed by atoms with E-state index < -0.39 is 0 Å². The molecule has 18 heavy (non-hydrogen) atoms. The predicted octanol–water partition coefficient (Wildman–Crippen LogP) is 2.77. The van der Waals surface area contributed by atoms with E-state index in [9.17, 15) is 0 Å². The molecule has 1 fully saturated rings. The zero-order valence-corrected chi connectivity index (χ0v) is 11.1. The standard InChI is InChI=1S/C14H17N3S/c15-9-11-3-1-7-16-14(11)17(12-5-6-12)10-13-4-2-8-18-13/h1-4,7-8,12H,5-6,9-10,15H2. The van der Waals surface area contributed by atoms with Gasteiger partial charge in [0.25, 0.3) is 0 Å². The maximum Gasteiger partial charge on any atom is 0.133 e. The summed E-state index contributed by atoms with van der Waals surface area (Å²) in [6, 6.07) is 8.97. The van der Waals surface area contributed by atoms with E-state index in [1.165, 1.54) is 17.7 Å². The van der Waals surface area contributed by atoms with Crippen molar-refractivity contribution >= 4 is 17.2 Å². The molecule has 0 atom stereocenters. The second kappa shape index (κ2) is 5.08. The van der Waals surface area contributed by atoms with Gasteiger partial charge in [0, 0.05) is 29.2 Å². The molecule has 3 rings (SSSR count). The molecular weight excluding hydrogens is 242 g/mol. The third-order valence-corrected chi connectivity index (χ3v) is 4.11. The van der Waals surface area contributed by atoms with E-state index in [0.717, 1.165) is 17.9 Å². The van der Waals surface area contributed by atoms with Gasteiger partial charge in [0.15, 0.2) is 0 Å². The second-order valence-corrected chi connectivity index (χ2v) is 5.66. The molecule has 0 unspecified atom stereocenters. The molecule has 0 radical (unpaired) electrons. The summed E-state index contributed by atoms with van der Waals surface area (Å²) in [6.07, 6.45) is 4.40. The van der Waals surface area contributed by atoms with Crippen molar-refractivity contribution < 1.29 is 0 Å². The van der Waals surface area contributed by atoms with Gasteiger partial charge in [-0.2, -0.15) is 0 Å². The molecule has 0 amide bonds.